The molecule has 0 radical (unpaired) electrons. The minimum Gasteiger partial charge on any atom is -0.503 e. The van der Waals surface area contributed by atoms with Gasteiger partial charge in [0, 0.05) is 0 Å². The molecule has 5 nitrogen and oxygen atoms in total. The Balaban J connectivity index is 4.28. The highest BCUT2D eigenvalue weighted by atomic mass is 32.2. The predicted octanol–water partition coefficient (Wildman–Crippen LogP) is 7.53. The van der Waals surface area contributed by atoms with Gasteiger partial charge >= 0.3 is 0 Å². The van der Waals surface area contributed by atoms with Crippen molar-refractivity contribution in [2.75, 3.05) is 7.11 Å². The van der Waals surface area contributed by atoms with E-state index in [-0.39, 0.29) is 27.9 Å². The molecule has 0 saturated carbocycles. The van der Waals surface area contributed by atoms with Crippen molar-refractivity contribution < 1.29 is 22.8 Å². The second-order valence-corrected chi connectivity index (χ2v) is 14.1. The fourth-order valence-electron chi connectivity index (χ4n) is 6.79. The Kier molecular flexibility index (Phi) is 9.15. The number of hydrogen-bond donors (Lipinski definition) is 2. The van der Waals surface area contributed by atoms with Gasteiger partial charge in [-0.2, -0.15) is 8.42 Å². The largest absolute Gasteiger partial charge is 0.503 e. The average molecular weight is 485 g/mol. The Morgan fingerprint density at radius 1 is 1.00 bits per heavy atom. The molecule has 1 rings (SSSR count). The van der Waals surface area contributed by atoms with E-state index in [1.165, 1.54) is 7.11 Å². The Hall–Kier alpha value is -1.27. The van der Waals surface area contributed by atoms with Gasteiger partial charge in [0.25, 0.3) is 10.1 Å². The Labute approximate surface area is 203 Å². The molecule has 1 atom stereocenters. The second-order valence-electron chi connectivity index (χ2n) is 12.7. The van der Waals surface area contributed by atoms with Crippen LogP contribution in [0.3, 0.4) is 0 Å². The molecule has 0 fully saturated rings. The third-order valence-corrected chi connectivity index (χ3v) is 7.46. The predicted molar refractivity (Wildman–Crippen MR) is 137 cm³/mol. The quantitative estimate of drug-likeness (QED) is 0.335. The third-order valence-electron chi connectivity index (χ3n) is 6.51. The smallest absolute Gasteiger partial charge is 0.298 e. The molecule has 0 aromatic heterocycles. The summed E-state index contributed by atoms with van der Waals surface area (Å²) in [6.45, 7) is 24.0. The standard InChI is InChI=1S/C27H48O5S/c1-13-14-19-20(18(4)22(32-12)21(28)23(19)33(29,30)31)24(26(8,9)15-17(2)3)27(10,11)16-25(5,6)7/h17,24,28H,13-16H2,1-12H3,(H,29,30,31). The number of phenols is 1. The van der Waals surface area contributed by atoms with Crippen molar-refractivity contribution in [2.24, 2.45) is 22.2 Å². The van der Waals surface area contributed by atoms with E-state index >= 15 is 0 Å². The van der Waals surface area contributed by atoms with Crippen molar-refractivity contribution in [3.8, 4) is 11.5 Å². The second kappa shape index (κ2) is 10.2. The van der Waals surface area contributed by atoms with Crippen LogP contribution in [0.5, 0.6) is 11.5 Å². The molecule has 0 aliphatic rings. The van der Waals surface area contributed by atoms with E-state index in [1.807, 2.05) is 13.8 Å². The third kappa shape index (κ3) is 6.88. The van der Waals surface area contributed by atoms with Crippen molar-refractivity contribution in [3.05, 3.63) is 16.7 Å². The van der Waals surface area contributed by atoms with Gasteiger partial charge in [0.05, 0.1) is 7.11 Å². The SMILES string of the molecule is CCCc1c(C(C(C)(C)CC(C)C)C(C)(C)CC(C)(C)C)c(C)c(OC)c(O)c1S(=O)(=O)O. The first kappa shape index (κ1) is 29.8. The molecule has 1 aromatic rings. The summed E-state index contributed by atoms with van der Waals surface area (Å²) in [5.74, 6) is 0.0271. The lowest BCUT2D eigenvalue weighted by molar-refractivity contribution is 0.0775. The van der Waals surface area contributed by atoms with Crippen LogP contribution in [0.2, 0.25) is 0 Å². The minimum absolute atomic E-state index is 0.0387. The highest BCUT2D eigenvalue weighted by Crippen LogP contribution is 2.58. The molecule has 0 spiro atoms. The summed E-state index contributed by atoms with van der Waals surface area (Å²) in [7, 11) is -3.25. The number of phenolic OH excluding ortho intramolecular Hbond substituents is 1. The van der Waals surface area contributed by atoms with Crippen molar-refractivity contribution in [2.45, 2.75) is 113 Å². The fourth-order valence-corrected chi connectivity index (χ4v) is 7.65. The molecule has 0 saturated heterocycles. The van der Waals surface area contributed by atoms with Gasteiger partial charge in [-0.25, -0.2) is 0 Å². The number of ether oxygens (including phenoxy) is 1. The molecule has 6 heteroatoms. The van der Waals surface area contributed by atoms with Gasteiger partial charge < -0.3 is 9.84 Å². The summed E-state index contributed by atoms with van der Waals surface area (Å²) < 4.78 is 40.8. The number of benzene rings is 1. The van der Waals surface area contributed by atoms with Crippen molar-refractivity contribution in [1.29, 1.82) is 0 Å². The minimum atomic E-state index is -4.67. The van der Waals surface area contributed by atoms with Crippen LogP contribution in [0.1, 0.15) is 111 Å². The zero-order valence-electron chi connectivity index (χ0n) is 23.0. The molecule has 192 valence electrons. The monoisotopic (exact) mass is 484 g/mol. The highest BCUT2D eigenvalue weighted by Gasteiger charge is 2.46. The van der Waals surface area contributed by atoms with Crippen LogP contribution in [0.25, 0.3) is 0 Å². The van der Waals surface area contributed by atoms with E-state index < -0.39 is 20.8 Å². The maximum Gasteiger partial charge on any atom is 0.298 e. The molecule has 0 amide bonds. The molecule has 2 N–H and O–H groups in total. The maximum atomic E-state index is 12.5. The first-order valence-corrected chi connectivity index (χ1v) is 13.5. The van der Waals surface area contributed by atoms with Gasteiger partial charge in [-0.15, -0.1) is 0 Å². The number of rotatable bonds is 10. The van der Waals surface area contributed by atoms with Crippen LogP contribution >= 0.6 is 0 Å². The number of aromatic hydroxyl groups is 1. The van der Waals surface area contributed by atoms with Gasteiger partial charge in [0.15, 0.2) is 11.5 Å². The lowest BCUT2D eigenvalue weighted by Crippen LogP contribution is -2.39. The Bertz CT molecular complexity index is 934. The fraction of sp³-hybridized carbons (Fsp3) is 0.778. The van der Waals surface area contributed by atoms with Crippen molar-refractivity contribution >= 4 is 10.1 Å². The first-order valence-electron chi connectivity index (χ1n) is 12.1. The van der Waals surface area contributed by atoms with Crippen molar-refractivity contribution in [1.82, 2.24) is 0 Å². The molecule has 0 bridgehead atoms. The molecule has 0 heterocycles. The van der Waals surface area contributed by atoms with E-state index in [0.717, 1.165) is 24.0 Å². The topological polar surface area (TPSA) is 83.8 Å². The summed E-state index contributed by atoms with van der Waals surface area (Å²) in [4.78, 5) is -0.404. The Morgan fingerprint density at radius 2 is 1.52 bits per heavy atom. The van der Waals surface area contributed by atoms with Crippen LogP contribution in [-0.2, 0) is 16.5 Å². The van der Waals surface area contributed by atoms with E-state index in [0.29, 0.717) is 24.3 Å². The van der Waals surface area contributed by atoms with Crippen LogP contribution in [0.4, 0.5) is 0 Å². The molecule has 0 aliphatic carbocycles. The summed E-state index contributed by atoms with van der Waals surface area (Å²) in [5.41, 5.74) is 1.81. The number of hydrogen-bond acceptors (Lipinski definition) is 4. The van der Waals surface area contributed by atoms with Gasteiger partial charge in [-0.05, 0) is 71.0 Å². The van der Waals surface area contributed by atoms with Crippen LogP contribution in [-0.4, -0.2) is 25.2 Å². The molecular formula is C27H48O5S. The average Bonchev–Trinajstić information content (AvgIpc) is 2.53. The van der Waals surface area contributed by atoms with E-state index in [1.54, 1.807) is 0 Å². The molecule has 1 aromatic carbocycles. The maximum absolute atomic E-state index is 12.5. The lowest BCUT2D eigenvalue weighted by Gasteiger charge is -2.49. The zero-order chi connectivity index (χ0) is 26.2. The zero-order valence-corrected chi connectivity index (χ0v) is 23.8. The lowest BCUT2D eigenvalue weighted by atomic mass is 9.55. The van der Waals surface area contributed by atoms with E-state index in [4.69, 9.17) is 4.74 Å². The molecule has 33 heavy (non-hydrogen) atoms. The van der Waals surface area contributed by atoms with Crippen molar-refractivity contribution in [3.63, 3.8) is 0 Å². The molecule has 0 aliphatic heterocycles. The van der Waals surface area contributed by atoms with Crippen LogP contribution in [0, 0.1) is 29.1 Å². The number of methoxy groups -OCH3 is 1. The summed E-state index contributed by atoms with van der Waals surface area (Å²) in [6.07, 6.45) is 2.97. The van der Waals surface area contributed by atoms with Gasteiger partial charge in [-0.1, -0.05) is 75.7 Å². The summed E-state index contributed by atoms with van der Waals surface area (Å²) in [6, 6.07) is 0. The summed E-state index contributed by atoms with van der Waals surface area (Å²) >= 11 is 0. The van der Waals surface area contributed by atoms with Crippen LogP contribution < -0.4 is 4.74 Å². The highest BCUT2D eigenvalue weighted by molar-refractivity contribution is 7.86. The normalized spacial score (nSPS) is 14.6. The Morgan fingerprint density at radius 3 is 1.88 bits per heavy atom. The van der Waals surface area contributed by atoms with Crippen LogP contribution in [0.15, 0.2) is 4.90 Å². The van der Waals surface area contributed by atoms with Gasteiger partial charge in [0.2, 0.25) is 0 Å². The first-order chi connectivity index (χ1) is 14.7. The molecule has 1 unspecified atom stereocenters. The van der Waals surface area contributed by atoms with Gasteiger partial charge in [0.1, 0.15) is 4.90 Å². The van der Waals surface area contributed by atoms with E-state index in [9.17, 15) is 18.1 Å². The molecular weight excluding hydrogens is 436 g/mol. The summed E-state index contributed by atoms with van der Waals surface area (Å²) in [5, 5.41) is 10.9. The van der Waals surface area contributed by atoms with E-state index in [2.05, 4.69) is 62.3 Å². The van der Waals surface area contributed by atoms with Gasteiger partial charge in [-0.3, -0.25) is 4.55 Å².